The molecule has 0 spiro atoms. The van der Waals surface area contributed by atoms with Crippen LogP contribution in [0.5, 0.6) is 5.75 Å². The van der Waals surface area contributed by atoms with Crippen LogP contribution in [0.15, 0.2) is 66.3 Å². The van der Waals surface area contributed by atoms with Crippen molar-refractivity contribution in [2.45, 2.75) is 17.5 Å². The summed E-state index contributed by atoms with van der Waals surface area (Å²) < 4.78 is 7.30. The average Bonchev–Trinajstić information content (AvgIpc) is 3.03. The van der Waals surface area contributed by atoms with Crippen LogP contribution in [0.1, 0.15) is 5.56 Å². The average molecular weight is 372 g/mol. The first-order valence-electron chi connectivity index (χ1n) is 7.77. The highest BCUT2D eigenvalue weighted by molar-refractivity contribution is 7.98. The quantitative estimate of drug-likeness (QED) is 0.428. The summed E-state index contributed by atoms with van der Waals surface area (Å²) in [5.41, 5.74) is 2.03. The van der Waals surface area contributed by atoms with Crippen LogP contribution in [0.2, 0.25) is 5.02 Å². The maximum absolute atomic E-state index is 6.32. The zero-order valence-electron chi connectivity index (χ0n) is 13.9. The highest BCUT2D eigenvalue weighted by atomic mass is 35.5. The number of nitrogens with zero attached hydrogens (tertiary/aromatic N) is 3. The van der Waals surface area contributed by atoms with E-state index >= 15 is 0 Å². The Balaban J connectivity index is 1.86. The molecule has 0 unspecified atom stereocenters. The minimum absolute atomic E-state index is 0.619. The first-order valence-corrected chi connectivity index (χ1v) is 9.14. The number of methoxy groups -OCH3 is 1. The van der Waals surface area contributed by atoms with E-state index in [2.05, 4.69) is 22.8 Å². The van der Waals surface area contributed by atoms with Crippen LogP contribution in [-0.4, -0.2) is 21.9 Å². The largest absolute Gasteiger partial charge is 0.497 e. The van der Waals surface area contributed by atoms with E-state index in [0.717, 1.165) is 33.6 Å². The smallest absolute Gasteiger partial charge is 0.192 e. The predicted molar refractivity (Wildman–Crippen MR) is 103 cm³/mol. The summed E-state index contributed by atoms with van der Waals surface area (Å²) in [5.74, 6) is 2.37. The van der Waals surface area contributed by atoms with Gasteiger partial charge in [0.1, 0.15) is 5.75 Å². The van der Waals surface area contributed by atoms with Crippen LogP contribution in [0, 0.1) is 0 Å². The molecule has 0 saturated heterocycles. The highest BCUT2D eigenvalue weighted by Crippen LogP contribution is 2.30. The Morgan fingerprint density at radius 3 is 2.80 bits per heavy atom. The van der Waals surface area contributed by atoms with Crippen LogP contribution < -0.4 is 4.74 Å². The molecule has 6 heteroatoms. The fourth-order valence-electron chi connectivity index (χ4n) is 2.44. The van der Waals surface area contributed by atoms with Crippen LogP contribution in [0.25, 0.3) is 11.4 Å². The first kappa shape index (κ1) is 17.6. The molecule has 0 bridgehead atoms. The summed E-state index contributed by atoms with van der Waals surface area (Å²) in [7, 11) is 1.67. The number of thioether (sulfide) groups is 1. The van der Waals surface area contributed by atoms with Crippen LogP contribution in [0.4, 0.5) is 0 Å². The van der Waals surface area contributed by atoms with Crippen molar-refractivity contribution in [3.8, 4) is 17.1 Å². The van der Waals surface area contributed by atoms with Gasteiger partial charge in [0.2, 0.25) is 0 Å². The molecule has 0 fully saturated rings. The molecule has 0 atom stereocenters. The molecule has 25 heavy (non-hydrogen) atoms. The molecule has 0 amide bonds. The summed E-state index contributed by atoms with van der Waals surface area (Å²) in [6.07, 6.45) is 1.83. The van der Waals surface area contributed by atoms with E-state index in [4.69, 9.17) is 16.3 Å². The third-order valence-corrected chi connectivity index (χ3v) is 5.01. The van der Waals surface area contributed by atoms with E-state index in [1.165, 1.54) is 0 Å². The molecule has 3 rings (SSSR count). The van der Waals surface area contributed by atoms with E-state index in [1.807, 2.05) is 53.1 Å². The summed E-state index contributed by atoms with van der Waals surface area (Å²) >= 11 is 7.94. The molecule has 128 valence electrons. The molecule has 0 aliphatic heterocycles. The molecule has 0 radical (unpaired) electrons. The molecule has 1 heterocycles. The Morgan fingerprint density at radius 2 is 2.04 bits per heavy atom. The Hall–Kier alpha value is -2.24. The van der Waals surface area contributed by atoms with Crippen molar-refractivity contribution in [1.82, 2.24) is 14.8 Å². The minimum Gasteiger partial charge on any atom is -0.497 e. The molecule has 0 N–H and O–H groups in total. The van der Waals surface area contributed by atoms with E-state index in [9.17, 15) is 0 Å². The lowest BCUT2D eigenvalue weighted by molar-refractivity contribution is 0.414. The summed E-state index contributed by atoms with van der Waals surface area (Å²) in [6, 6.07) is 15.7. The standard InChI is InChI=1S/C19H18ClN3OS/c1-3-11-23-18(16-9-4-5-10-17(16)20)21-22-19(23)25-13-14-7-6-8-15(12-14)24-2/h3-10,12H,1,11,13H2,2H3. The summed E-state index contributed by atoms with van der Waals surface area (Å²) in [4.78, 5) is 0. The van der Waals surface area contributed by atoms with Gasteiger partial charge in [0.25, 0.3) is 0 Å². The first-order chi connectivity index (χ1) is 12.2. The second-order valence-corrected chi connectivity index (χ2v) is 6.68. The van der Waals surface area contributed by atoms with Gasteiger partial charge in [-0.1, -0.05) is 53.7 Å². The Labute approximate surface area is 156 Å². The van der Waals surface area contributed by atoms with E-state index < -0.39 is 0 Å². The Bertz CT molecular complexity index is 879. The van der Waals surface area contributed by atoms with Crippen molar-refractivity contribution in [3.63, 3.8) is 0 Å². The monoisotopic (exact) mass is 371 g/mol. The van der Waals surface area contributed by atoms with Gasteiger partial charge in [-0.2, -0.15) is 0 Å². The maximum atomic E-state index is 6.32. The molecule has 4 nitrogen and oxygen atoms in total. The fraction of sp³-hybridized carbons (Fsp3) is 0.158. The number of allylic oxidation sites excluding steroid dienone is 1. The molecule has 3 aromatic rings. The van der Waals surface area contributed by atoms with Crippen LogP contribution in [0.3, 0.4) is 0 Å². The van der Waals surface area contributed by atoms with E-state index in [0.29, 0.717) is 11.6 Å². The molecule has 0 aliphatic carbocycles. The number of hydrogen-bond donors (Lipinski definition) is 0. The molecule has 0 saturated carbocycles. The van der Waals surface area contributed by atoms with Gasteiger partial charge in [0.15, 0.2) is 11.0 Å². The lowest BCUT2D eigenvalue weighted by Crippen LogP contribution is -2.01. The highest BCUT2D eigenvalue weighted by Gasteiger charge is 2.15. The van der Waals surface area contributed by atoms with Gasteiger partial charge < -0.3 is 4.74 Å². The van der Waals surface area contributed by atoms with Gasteiger partial charge in [-0.3, -0.25) is 4.57 Å². The van der Waals surface area contributed by atoms with Gasteiger partial charge >= 0.3 is 0 Å². The number of rotatable bonds is 7. The third-order valence-electron chi connectivity index (χ3n) is 3.65. The lowest BCUT2D eigenvalue weighted by atomic mass is 10.2. The SMILES string of the molecule is C=CCn1c(SCc2cccc(OC)c2)nnc1-c1ccccc1Cl. The zero-order valence-corrected chi connectivity index (χ0v) is 15.4. The van der Waals surface area contributed by atoms with Crippen molar-refractivity contribution >= 4 is 23.4 Å². The van der Waals surface area contributed by atoms with Gasteiger partial charge in [0, 0.05) is 17.9 Å². The zero-order chi connectivity index (χ0) is 17.6. The fourth-order valence-corrected chi connectivity index (χ4v) is 3.55. The minimum atomic E-state index is 0.619. The topological polar surface area (TPSA) is 39.9 Å². The summed E-state index contributed by atoms with van der Waals surface area (Å²) in [6.45, 7) is 4.46. The Kier molecular flexibility index (Phi) is 5.79. The number of hydrogen-bond acceptors (Lipinski definition) is 4. The van der Waals surface area contributed by atoms with Crippen molar-refractivity contribution in [2.75, 3.05) is 7.11 Å². The van der Waals surface area contributed by atoms with Gasteiger partial charge in [0.05, 0.1) is 12.1 Å². The van der Waals surface area contributed by atoms with Crippen molar-refractivity contribution in [1.29, 1.82) is 0 Å². The van der Waals surface area contributed by atoms with Crippen LogP contribution in [-0.2, 0) is 12.3 Å². The van der Waals surface area contributed by atoms with Gasteiger partial charge in [-0.05, 0) is 29.8 Å². The van der Waals surface area contributed by atoms with Crippen molar-refractivity contribution < 1.29 is 4.74 Å². The number of benzene rings is 2. The second-order valence-electron chi connectivity index (χ2n) is 5.33. The molecule has 1 aromatic heterocycles. The van der Waals surface area contributed by atoms with Crippen molar-refractivity contribution in [3.05, 3.63) is 71.8 Å². The molecule has 2 aromatic carbocycles. The predicted octanol–water partition coefficient (Wildman–Crippen LogP) is 5.09. The maximum Gasteiger partial charge on any atom is 0.192 e. The summed E-state index contributed by atoms with van der Waals surface area (Å²) in [5, 5.41) is 10.2. The lowest BCUT2D eigenvalue weighted by Gasteiger charge is -2.09. The number of ether oxygens (including phenoxy) is 1. The van der Waals surface area contributed by atoms with E-state index in [-0.39, 0.29) is 0 Å². The van der Waals surface area contributed by atoms with Gasteiger partial charge in [-0.15, -0.1) is 16.8 Å². The van der Waals surface area contributed by atoms with Crippen LogP contribution >= 0.6 is 23.4 Å². The molecular weight excluding hydrogens is 354 g/mol. The third kappa shape index (κ3) is 4.06. The van der Waals surface area contributed by atoms with Crippen molar-refractivity contribution in [2.24, 2.45) is 0 Å². The molecule has 0 aliphatic rings. The second kappa shape index (κ2) is 8.23. The normalized spacial score (nSPS) is 10.6. The van der Waals surface area contributed by atoms with Gasteiger partial charge in [-0.25, -0.2) is 0 Å². The molecular formula is C19H18ClN3OS. The Morgan fingerprint density at radius 1 is 1.20 bits per heavy atom. The number of aromatic nitrogens is 3. The number of halogens is 1. The van der Waals surface area contributed by atoms with E-state index in [1.54, 1.807) is 18.9 Å².